The Labute approximate surface area is 117 Å². The van der Waals surface area contributed by atoms with E-state index < -0.39 is 5.60 Å². The van der Waals surface area contributed by atoms with Gasteiger partial charge in [-0.25, -0.2) is 4.39 Å². The Balaban J connectivity index is 1.75. The summed E-state index contributed by atoms with van der Waals surface area (Å²) in [6, 6.07) is 6.20. The summed E-state index contributed by atoms with van der Waals surface area (Å²) in [7, 11) is 0. The van der Waals surface area contributed by atoms with E-state index >= 15 is 0 Å². The molecule has 106 valence electrons. The number of halogens is 1. The molecule has 3 rings (SSSR count). The van der Waals surface area contributed by atoms with Gasteiger partial charge in [0.1, 0.15) is 5.82 Å². The van der Waals surface area contributed by atoms with E-state index in [4.69, 9.17) is 4.84 Å². The highest BCUT2D eigenvalue weighted by Gasteiger charge is 2.45. The summed E-state index contributed by atoms with van der Waals surface area (Å²) in [5, 5.41) is 4.00. The van der Waals surface area contributed by atoms with Gasteiger partial charge in [0.15, 0.2) is 0 Å². The van der Waals surface area contributed by atoms with E-state index in [0.717, 1.165) is 25.9 Å². The summed E-state index contributed by atoms with van der Waals surface area (Å²) in [5.74, 6) is -0.338. The van der Waals surface area contributed by atoms with Crippen molar-refractivity contribution in [2.45, 2.75) is 31.8 Å². The number of nitrogens with zero attached hydrogens (tertiary/aromatic N) is 2. The highest BCUT2D eigenvalue weighted by atomic mass is 19.1. The Hall–Kier alpha value is -1.91. The fourth-order valence-electron chi connectivity index (χ4n) is 2.73. The van der Waals surface area contributed by atoms with Gasteiger partial charge in [-0.1, -0.05) is 17.3 Å². The number of hydrogen-bond acceptors (Lipinski definition) is 3. The number of oxime groups is 1. The minimum atomic E-state index is -0.952. The lowest BCUT2D eigenvalue weighted by Crippen LogP contribution is -2.46. The lowest BCUT2D eigenvalue weighted by Gasteiger charge is -2.26. The fourth-order valence-corrected chi connectivity index (χ4v) is 2.73. The van der Waals surface area contributed by atoms with Crippen LogP contribution in [0.1, 0.15) is 31.7 Å². The topological polar surface area (TPSA) is 41.9 Å². The third-order valence-corrected chi connectivity index (χ3v) is 3.87. The molecule has 1 atom stereocenters. The van der Waals surface area contributed by atoms with Gasteiger partial charge in [0.2, 0.25) is 5.60 Å². The molecule has 2 aliphatic rings. The molecule has 1 unspecified atom stereocenters. The zero-order chi connectivity index (χ0) is 14.2. The van der Waals surface area contributed by atoms with Gasteiger partial charge in [-0.2, -0.15) is 0 Å². The van der Waals surface area contributed by atoms with Crippen molar-refractivity contribution in [2.24, 2.45) is 5.16 Å². The van der Waals surface area contributed by atoms with Crippen molar-refractivity contribution < 1.29 is 14.0 Å². The number of likely N-dealkylation sites (tertiary alicyclic amines) is 1. The molecule has 1 aromatic carbocycles. The number of rotatable bonds is 2. The minimum Gasteiger partial charge on any atom is -0.379 e. The normalized spacial score (nSPS) is 25.5. The number of benzene rings is 1. The van der Waals surface area contributed by atoms with Gasteiger partial charge < -0.3 is 9.74 Å². The Kier molecular flexibility index (Phi) is 3.20. The Morgan fingerprint density at radius 3 is 2.85 bits per heavy atom. The van der Waals surface area contributed by atoms with Crippen molar-refractivity contribution in [1.29, 1.82) is 0 Å². The molecular weight excluding hydrogens is 259 g/mol. The molecule has 0 aromatic heterocycles. The van der Waals surface area contributed by atoms with Crippen molar-refractivity contribution in [2.75, 3.05) is 13.1 Å². The third-order valence-electron chi connectivity index (χ3n) is 3.87. The summed E-state index contributed by atoms with van der Waals surface area (Å²) in [5.41, 5.74) is 0.342. The quantitative estimate of drug-likeness (QED) is 0.832. The van der Waals surface area contributed by atoms with Crippen molar-refractivity contribution >= 4 is 11.6 Å². The van der Waals surface area contributed by atoms with Crippen LogP contribution in [-0.2, 0) is 9.63 Å². The SMILES string of the molecule is CC1(C(=O)N2CCCC2)CC(c2cccc(F)c2)=NO1. The second kappa shape index (κ2) is 4.89. The maximum Gasteiger partial charge on any atom is 0.269 e. The number of carbonyl (C=O) groups excluding carboxylic acids is 1. The number of carbonyl (C=O) groups is 1. The summed E-state index contributed by atoms with van der Waals surface area (Å²) < 4.78 is 13.2. The van der Waals surface area contributed by atoms with Crippen molar-refractivity contribution in [3.8, 4) is 0 Å². The van der Waals surface area contributed by atoms with Crippen LogP contribution < -0.4 is 0 Å². The summed E-state index contributed by atoms with van der Waals surface area (Å²) >= 11 is 0. The Morgan fingerprint density at radius 1 is 1.40 bits per heavy atom. The second-order valence-electron chi connectivity index (χ2n) is 5.55. The number of amides is 1. The van der Waals surface area contributed by atoms with Crippen molar-refractivity contribution in [3.05, 3.63) is 35.6 Å². The maximum absolute atomic E-state index is 13.2. The van der Waals surface area contributed by atoms with Crippen LogP contribution in [0.4, 0.5) is 4.39 Å². The highest BCUT2D eigenvalue weighted by molar-refractivity contribution is 6.05. The molecule has 4 nitrogen and oxygen atoms in total. The predicted octanol–water partition coefficient (Wildman–Crippen LogP) is 2.33. The minimum absolute atomic E-state index is 0.0230. The number of hydrogen-bond donors (Lipinski definition) is 0. The fraction of sp³-hybridized carbons (Fsp3) is 0.467. The third kappa shape index (κ3) is 2.28. The van der Waals surface area contributed by atoms with E-state index in [1.54, 1.807) is 19.1 Å². The molecule has 20 heavy (non-hydrogen) atoms. The molecule has 0 N–H and O–H groups in total. The summed E-state index contributed by atoms with van der Waals surface area (Å²) in [6.07, 6.45) is 2.46. The molecule has 1 amide bonds. The van der Waals surface area contributed by atoms with E-state index in [-0.39, 0.29) is 11.7 Å². The first kappa shape index (κ1) is 13.1. The Morgan fingerprint density at radius 2 is 2.15 bits per heavy atom. The second-order valence-corrected chi connectivity index (χ2v) is 5.55. The van der Waals surface area contributed by atoms with Crippen LogP contribution in [0, 0.1) is 5.82 Å². The lowest BCUT2D eigenvalue weighted by molar-refractivity contribution is -0.152. The van der Waals surface area contributed by atoms with Gasteiger partial charge >= 0.3 is 0 Å². The molecule has 5 heteroatoms. The molecule has 0 aliphatic carbocycles. The van der Waals surface area contributed by atoms with Crippen LogP contribution in [0.15, 0.2) is 29.4 Å². The van der Waals surface area contributed by atoms with Crippen LogP contribution >= 0.6 is 0 Å². The zero-order valence-corrected chi connectivity index (χ0v) is 11.4. The molecule has 0 radical (unpaired) electrons. The van der Waals surface area contributed by atoms with Gasteiger partial charge in [-0.05, 0) is 31.9 Å². The van der Waals surface area contributed by atoms with Gasteiger partial charge in [0.05, 0.1) is 5.71 Å². The van der Waals surface area contributed by atoms with Gasteiger partial charge in [-0.3, -0.25) is 4.79 Å². The molecule has 2 heterocycles. The molecule has 0 spiro atoms. The molecule has 1 fully saturated rings. The van der Waals surface area contributed by atoms with Crippen LogP contribution in [-0.4, -0.2) is 35.2 Å². The molecule has 1 aromatic rings. The summed E-state index contributed by atoms with van der Waals surface area (Å²) in [6.45, 7) is 3.32. The molecular formula is C15H17FN2O2. The van der Waals surface area contributed by atoms with E-state index in [1.807, 2.05) is 4.90 Å². The van der Waals surface area contributed by atoms with E-state index in [9.17, 15) is 9.18 Å². The largest absolute Gasteiger partial charge is 0.379 e. The average Bonchev–Trinajstić information content (AvgIpc) is 3.08. The van der Waals surface area contributed by atoms with E-state index in [1.165, 1.54) is 12.1 Å². The molecule has 2 aliphatic heterocycles. The first-order valence-electron chi connectivity index (χ1n) is 6.89. The van der Waals surface area contributed by atoms with Gasteiger partial charge in [0.25, 0.3) is 5.91 Å². The highest BCUT2D eigenvalue weighted by Crippen LogP contribution is 2.29. The van der Waals surface area contributed by atoms with Gasteiger partial charge in [-0.15, -0.1) is 0 Å². The van der Waals surface area contributed by atoms with Crippen molar-refractivity contribution in [3.63, 3.8) is 0 Å². The standard InChI is InChI=1S/C15H17FN2O2/c1-15(14(19)18-7-2-3-8-18)10-13(17-20-15)11-5-4-6-12(16)9-11/h4-6,9H,2-3,7-8,10H2,1H3. The van der Waals surface area contributed by atoms with E-state index in [2.05, 4.69) is 5.16 Å². The average molecular weight is 276 g/mol. The first-order valence-corrected chi connectivity index (χ1v) is 6.89. The lowest BCUT2D eigenvalue weighted by atomic mass is 9.94. The Bertz CT molecular complexity index is 567. The van der Waals surface area contributed by atoms with Gasteiger partial charge in [0, 0.05) is 25.1 Å². The first-order chi connectivity index (χ1) is 9.58. The van der Waals surface area contributed by atoms with E-state index in [0.29, 0.717) is 17.7 Å². The predicted molar refractivity (Wildman–Crippen MR) is 72.9 cm³/mol. The van der Waals surface area contributed by atoms with Crippen LogP contribution in [0.3, 0.4) is 0 Å². The smallest absolute Gasteiger partial charge is 0.269 e. The molecule has 0 saturated carbocycles. The van der Waals surface area contributed by atoms with Crippen LogP contribution in [0.25, 0.3) is 0 Å². The maximum atomic E-state index is 13.2. The van der Waals surface area contributed by atoms with Crippen LogP contribution in [0.5, 0.6) is 0 Å². The molecule has 0 bridgehead atoms. The van der Waals surface area contributed by atoms with Crippen LogP contribution in [0.2, 0.25) is 0 Å². The van der Waals surface area contributed by atoms with Crippen molar-refractivity contribution in [1.82, 2.24) is 4.90 Å². The molecule has 1 saturated heterocycles. The monoisotopic (exact) mass is 276 g/mol. The summed E-state index contributed by atoms with van der Waals surface area (Å²) in [4.78, 5) is 19.7. The zero-order valence-electron chi connectivity index (χ0n) is 11.4.